The molecule has 6 rings (SSSR count). The van der Waals surface area contributed by atoms with Gasteiger partial charge in [-0.3, -0.25) is 19.6 Å². The predicted octanol–water partition coefficient (Wildman–Crippen LogP) is 2.80. The van der Waals surface area contributed by atoms with E-state index in [1.807, 2.05) is 12.1 Å². The SMILES string of the molecule is Cc1cc(O)c(C=Nc2ccc(C3(C)N4CC5(C)CN3CC(C)(C4)C5=O)cc2)c(=O)o1. The zero-order valence-electron chi connectivity index (χ0n) is 18.3. The van der Waals surface area contributed by atoms with Crippen molar-refractivity contribution in [2.45, 2.75) is 33.4 Å². The first-order valence-electron chi connectivity index (χ1n) is 10.6. The van der Waals surface area contributed by atoms with E-state index >= 15 is 0 Å². The molecule has 0 unspecified atom stereocenters. The van der Waals surface area contributed by atoms with E-state index in [1.54, 1.807) is 6.92 Å². The fourth-order valence-corrected chi connectivity index (χ4v) is 5.82. The zero-order chi connectivity index (χ0) is 22.2. The van der Waals surface area contributed by atoms with Gasteiger partial charge in [-0.05, 0) is 31.5 Å². The Morgan fingerprint density at radius 1 is 1.00 bits per heavy atom. The molecule has 0 saturated carbocycles. The lowest BCUT2D eigenvalue weighted by atomic mass is 9.60. The third-order valence-corrected chi connectivity index (χ3v) is 7.33. The minimum absolute atomic E-state index is 0.0334. The van der Waals surface area contributed by atoms with E-state index in [0.717, 1.165) is 31.7 Å². The summed E-state index contributed by atoms with van der Waals surface area (Å²) >= 11 is 0. The number of Topliss-reactive ketones (excluding diaryl/α,β-unsaturated/α-hetero) is 1. The van der Waals surface area contributed by atoms with Crippen molar-refractivity contribution in [3.63, 3.8) is 0 Å². The van der Waals surface area contributed by atoms with Crippen LogP contribution in [0.15, 0.2) is 44.5 Å². The molecule has 7 nitrogen and oxygen atoms in total. The van der Waals surface area contributed by atoms with Crippen LogP contribution in [0.2, 0.25) is 0 Å². The average molecular weight is 421 g/mol. The number of carbonyl (C=O) groups excluding carboxylic acids is 1. The molecule has 2 aromatic rings. The minimum Gasteiger partial charge on any atom is -0.507 e. The molecule has 4 fully saturated rings. The molecule has 0 aliphatic carbocycles. The largest absolute Gasteiger partial charge is 0.507 e. The van der Waals surface area contributed by atoms with E-state index in [0.29, 0.717) is 17.2 Å². The standard InChI is InChI=1S/C24H27N3O4/c1-15-9-19(28)18(20(29)31-15)10-25-17-7-5-16(6-8-17)24(4)26-11-22(2)12-27(24)14-23(3,13-26)21(22)30/h5-10,28H,11-14H2,1-4H3. The summed E-state index contributed by atoms with van der Waals surface area (Å²) in [5.41, 5.74) is 0.385. The van der Waals surface area contributed by atoms with Gasteiger partial charge in [0, 0.05) is 38.5 Å². The van der Waals surface area contributed by atoms with Gasteiger partial charge in [-0.2, -0.15) is 0 Å². The van der Waals surface area contributed by atoms with Crippen LogP contribution in [0.1, 0.15) is 37.7 Å². The van der Waals surface area contributed by atoms with Gasteiger partial charge >= 0.3 is 5.63 Å². The lowest BCUT2D eigenvalue weighted by Crippen LogP contribution is -2.80. The van der Waals surface area contributed by atoms with Gasteiger partial charge in [0.2, 0.25) is 0 Å². The summed E-state index contributed by atoms with van der Waals surface area (Å²) in [4.78, 5) is 34.1. The first-order chi connectivity index (χ1) is 14.5. The van der Waals surface area contributed by atoms with E-state index in [4.69, 9.17) is 4.42 Å². The van der Waals surface area contributed by atoms with Gasteiger partial charge < -0.3 is 9.52 Å². The highest BCUT2D eigenvalue weighted by Crippen LogP contribution is 2.54. The summed E-state index contributed by atoms with van der Waals surface area (Å²) < 4.78 is 5.03. The Morgan fingerprint density at radius 2 is 1.55 bits per heavy atom. The Labute approximate surface area is 181 Å². The number of piperidine rings is 2. The molecule has 4 bridgehead atoms. The number of aryl methyl sites for hydroxylation is 1. The van der Waals surface area contributed by atoms with Crippen LogP contribution in [0.5, 0.6) is 5.75 Å². The number of hydrogen-bond acceptors (Lipinski definition) is 7. The smallest absolute Gasteiger partial charge is 0.348 e. The highest BCUT2D eigenvalue weighted by molar-refractivity contribution is 5.93. The van der Waals surface area contributed by atoms with Gasteiger partial charge in [-0.25, -0.2) is 4.79 Å². The molecule has 1 aromatic carbocycles. The Bertz CT molecular complexity index is 1120. The number of carbonyl (C=O) groups is 1. The second kappa shape index (κ2) is 6.37. The topological polar surface area (TPSA) is 86.4 Å². The van der Waals surface area contributed by atoms with Crippen LogP contribution in [-0.4, -0.2) is 53.1 Å². The van der Waals surface area contributed by atoms with Crippen LogP contribution in [-0.2, 0) is 10.5 Å². The number of aliphatic imine (C=N–C) groups is 1. The van der Waals surface area contributed by atoms with E-state index < -0.39 is 5.63 Å². The zero-order valence-corrected chi connectivity index (χ0v) is 18.3. The molecule has 4 saturated heterocycles. The molecule has 4 aliphatic rings. The molecule has 0 spiro atoms. The van der Waals surface area contributed by atoms with E-state index in [2.05, 4.69) is 47.7 Å². The first-order valence-corrected chi connectivity index (χ1v) is 10.6. The van der Waals surface area contributed by atoms with Crippen molar-refractivity contribution in [1.29, 1.82) is 0 Å². The third kappa shape index (κ3) is 2.83. The number of nitrogens with zero attached hydrogens (tertiary/aromatic N) is 3. The molecule has 162 valence electrons. The lowest BCUT2D eigenvalue weighted by molar-refractivity contribution is -0.228. The maximum Gasteiger partial charge on any atom is 0.348 e. The maximum atomic E-state index is 12.9. The van der Waals surface area contributed by atoms with E-state index in [-0.39, 0.29) is 27.8 Å². The number of ketones is 1. The first kappa shape index (κ1) is 20.2. The summed E-state index contributed by atoms with van der Waals surface area (Å²) in [6.45, 7) is 11.1. The second-order valence-corrected chi connectivity index (χ2v) is 9.93. The summed E-state index contributed by atoms with van der Waals surface area (Å²) in [7, 11) is 0. The molecule has 4 aliphatic heterocycles. The van der Waals surface area contributed by atoms with Crippen molar-refractivity contribution in [3.8, 4) is 5.75 Å². The Hall–Kier alpha value is -2.77. The molecular weight excluding hydrogens is 394 g/mol. The van der Waals surface area contributed by atoms with Crippen LogP contribution in [0.4, 0.5) is 5.69 Å². The number of rotatable bonds is 3. The lowest BCUT2D eigenvalue weighted by Gasteiger charge is -2.69. The molecule has 0 radical (unpaired) electrons. The fraction of sp³-hybridized carbons (Fsp3) is 0.458. The van der Waals surface area contributed by atoms with Gasteiger partial charge in [-0.15, -0.1) is 0 Å². The molecule has 1 N–H and O–H groups in total. The van der Waals surface area contributed by atoms with E-state index in [9.17, 15) is 14.7 Å². The minimum atomic E-state index is -0.615. The average Bonchev–Trinajstić information content (AvgIpc) is 2.68. The highest BCUT2D eigenvalue weighted by atomic mass is 16.4. The quantitative estimate of drug-likeness (QED) is 0.767. The van der Waals surface area contributed by atoms with Gasteiger partial charge in [0.25, 0.3) is 0 Å². The van der Waals surface area contributed by atoms with E-state index in [1.165, 1.54) is 12.3 Å². The Balaban J connectivity index is 1.43. The summed E-state index contributed by atoms with van der Waals surface area (Å²) in [6, 6.07) is 9.32. The molecule has 0 amide bonds. The van der Waals surface area contributed by atoms with Gasteiger partial charge in [0.1, 0.15) is 22.9 Å². The summed E-state index contributed by atoms with van der Waals surface area (Å²) in [5, 5.41) is 9.99. The molecule has 5 heterocycles. The van der Waals surface area contributed by atoms with Crippen LogP contribution in [0.3, 0.4) is 0 Å². The van der Waals surface area contributed by atoms with Crippen molar-refractivity contribution < 1.29 is 14.3 Å². The molecule has 7 heteroatoms. The molecule has 31 heavy (non-hydrogen) atoms. The van der Waals surface area contributed by atoms with Crippen LogP contribution < -0.4 is 5.63 Å². The van der Waals surface area contributed by atoms with Crippen LogP contribution >= 0.6 is 0 Å². The van der Waals surface area contributed by atoms with Crippen molar-refractivity contribution in [2.75, 3.05) is 26.2 Å². The van der Waals surface area contributed by atoms with Crippen molar-refractivity contribution in [3.05, 3.63) is 57.6 Å². The third-order valence-electron chi connectivity index (χ3n) is 7.33. The number of aromatic hydroxyl groups is 1. The molecule has 1 aromatic heterocycles. The number of benzene rings is 1. The van der Waals surface area contributed by atoms with Crippen LogP contribution in [0, 0.1) is 17.8 Å². The predicted molar refractivity (Wildman–Crippen MR) is 117 cm³/mol. The van der Waals surface area contributed by atoms with Gasteiger partial charge in [-0.1, -0.05) is 26.0 Å². The van der Waals surface area contributed by atoms with Gasteiger partial charge in [0.05, 0.1) is 22.2 Å². The number of hydrogen-bond donors (Lipinski definition) is 1. The summed E-state index contributed by atoms with van der Waals surface area (Å²) in [5.74, 6) is 0.609. The molecule has 0 atom stereocenters. The Kier molecular flexibility index (Phi) is 4.14. The van der Waals surface area contributed by atoms with Crippen molar-refractivity contribution in [2.24, 2.45) is 15.8 Å². The maximum absolute atomic E-state index is 12.9. The highest BCUT2D eigenvalue weighted by Gasteiger charge is 2.65. The van der Waals surface area contributed by atoms with Crippen molar-refractivity contribution in [1.82, 2.24) is 9.80 Å². The Morgan fingerprint density at radius 3 is 2.06 bits per heavy atom. The second-order valence-electron chi connectivity index (χ2n) is 9.93. The normalized spacial score (nSPS) is 36.5. The summed E-state index contributed by atoms with van der Waals surface area (Å²) in [6.07, 6.45) is 1.33. The van der Waals surface area contributed by atoms with Crippen LogP contribution in [0.25, 0.3) is 0 Å². The van der Waals surface area contributed by atoms with Gasteiger partial charge in [0.15, 0.2) is 0 Å². The molecular formula is C24H27N3O4. The fourth-order valence-electron chi connectivity index (χ4n) is 5.82. The van der Waals surface area contributed by atoms with Crippen molar-refractivity contribution >= 4 is 17.7 Å². The monoisotopic (exact) mass is 421 g/mol.